The maximum absolute atomic E-state index is 14.1. The van der Waals surface area contributed by atoms with Gasteiger partial charge in [-0.05, 0) is 87.0 Å². The minimum absolute atomic E-state index is 0.240. The molecule has 0 radical (unpaired) electrons. The predicted octanol–water partition coefficient (Wildman–Crippen LogP) is 5.13. The van der Waals surface area contributed by atoms with Crippen molar-refractivity contribution in [3.8, 4) is 0 Å². The van der Waals surface area contributed by atoms with Crippen LogP contribution in [0.4, 0.5) is 4.39 Å². The first-order chi connectivity index (χ1) is 18.1. The number of aryl methyl sites for hydroxylation is 3. The molecule has 0 atom stereocenters. The van der Waals surface area contributed by atoms with Crippen molar-refractivity contribution in [2.45, 2.75) is 51.6 Å². The molecule has 2 heterocycles. The predicted molar refractivity (Wildman–Crippen MR) is 150 cm³/mol. The third-order valence-corrected chi connectivity index (χ3v) is 9.96. The van der Waals surface area contributed by atoms with Gasteiger partial charge < -0.3 is 9.80 Å². The molecule has 9 heteroatoms. The van der Waals surface area contributed by atoms with Crippen LogP contribution in [0, 0.1) is 26.6 Å². The van der Waals surface area contributed by atoms with Crippen molar-refractivity contribution in [2.75, 3.05) is 32.7 Å². The molecule has 2 aromatic carbocycles. The van der Waals surface area contributed by atoms with Crippen LogP contribution in [0.3, 0.4) is 0 Å². The van der Waals surface area contributed by atoms with E-state index < -0.39 is 10.0 Å². The van der Waals surface area contributed by atoms with E-state index in [1.165, 1.54) is 16.4 Å². The van der Waals surface area contributed by atoms with Crippen LogP contribution in [-0.2, 0) is 27.9 Å². The molecule has 0 bridgehead atoms. The Hall–Kier alpha value is -2.59. The van der Waals surface area contributed by atoms with E-state index in [2.05, 4.69) is 4.90 Å². The van der Waals surface area contributed by atoms with Crippen LogP contribution < -0.4 is 0 Å². The summed E-state index contributed by atoms with van der Waals surface area (Å²) in [6, 6.07) is 13.7. The van der Waals surface area contributed by atoms with Crippen LogP contribution >= 0.6 is 11.3 Å². The summed E-state index contributed by atoms with van der Waals surface area (Å²) < 4.78 is 43.0. The van der Waals surface area contributed by atoms with Gasteiger partial charge in [0.1, 0.15) is 5.82 Å². The molecule has 1 aromatic heterocycles. The number of rotatable bonds is 11. The zero-order chi connectivity index (χ0) is 27.3. The Kier molecular flexibility index (Phi) is 9.36. The Labute approximate surface area is 229 Å². The van der Waals surface area contributed by atoms with E-state index in [9.17, 15) is 17.6 Å². The zero-order valence-corrected chi connectivity index (χ0v) is 24.0. The fraction of sp³-hybridized carbons (Fsp3) is 0.414. The largest absolute Gasteiger partial charge is 0.332 e. The molecular weight excluding hydrogens is 521 g/mol. The molecule has 0 N–H and O–H groups in total. The Morgan fingerprint density at radius 2 is 1.66 bits per heavy atom. The Bertz CT molecular complexity index is 1310. The average Bonchev–Trinajstić information content (AvgIpc) is 3.56. The van der Waals surface area contributed by atoms with Crippen molar-refractivity contribution in [3.63, 3.8) is 0 Å². The molecule has 3 aromatic rings. The van der Waals surface area contributed by atoms with Crippen molar-refractivity contribution in [2.24, 2.45) is 0 Å². The summed E-state index contributed by atoms with van der Waals surface area (Å²) in [6.45, 7) is 8.65. The van der Waals surface area contributed by atoms with Crippen LogP contribution in [0.5, 0.6) is 0 Å². The quantitative estimate of drug-likeness (QED) is 0.328. The van der Waals surface area contributed by atoms with E-state index in [0.29, 0.717) is 24.2 Å². The van der Waals surface area contributed by atoms with E-state index in [0.717, 1.165) is 41.9 Å². The first-order valence-corrected chi connectivity index (χ1v) is 15.3. The van der Waals surface area contributed by atoms with Crippen molar-refractivity contribution in [1.29, 1.82) is 0 Å². The minimum atomic E-state index is -3.93. The number of carbonyl (C=O) groups is 1. The number of sulfonamides is 1. The van der Waals surface area contributed by atoms with Crippen LogP contribution in [0.25, 0.3) is 0 Å². The summed E-state index contributed by atoms with van der Waals surface area (Å²) in [5.74, 6) is -0.622. The van der Waals surface area contributed by atoms with Gasteiger partial charge in [-0.15, -0.1) is 11.3 Å². The first kappa shape index (κ1) is 28.4. The molecule has 6 nitrogen and oxygen atoms in total. The van der Waals surface area contributed by atoms with Crippen molar-refractivity contribution in [3.05, 3.63) is 86.9 Å². The lowest BCUT2D eigenvalue weighted by atomic mass is 10.1. The topological polar surface area (TPSA) is 60.9 Å². The summed E-state index contributed by atoms with van der Waals surface area (Å²) in [4.78, 5) is 19.0. The lowest BCUT2D eigenvalue weighted by molar-refractivity contribution is -0.132. The molecular formula is C29H36FN3O3S2. The van der Waals surface area contributed by atoms with Crippen molar-refractivity contribution in [1.82, 2.24) is 14.1 Å². The molecule has 38 heavy (non-hydrogen) atoms. The summed E-state index contributed by atoms with van der Waals surface area (Å²) in [5.41, 5.74) is 3.15. The second-order valence-electron chi connectivity index (χ2n) is 10.1. The zero-order valence-electron chi connectivity index (χ0n) is 22.3. The summed E-state index contributed by atoms with van der Waals surface area (Å²) in [7, 11) is -3.93. The molecule has 4 rings (SSSR count). The number of amides is 1. The van der Waals surface area contributed by atoms with E-state index in [4.69, 9.17) is 0 Å². The molecule has 0 unspecified atom stereocenters. The Morgan fingerprint density at radius 3 is 2.26 bits per heavy atom. The number of hydrogen-bond acceptors (Lipinski definition) is 5. The monoisotopic (exact) mass is 557 g/mol. The third-order valence-electron chi connectivity index (χ3n) is 6.94. The highest BCUT2D eigenvalue weighted by Crippen LogP contribution is 2.26. The van der Waals surface area contributed by atoms with Gasteiger partial charge in [0.05, 0.1) is 18.0 Å². The average molecular weight is 558 g/mol. The number of carbonyl (C=O) groups excluding carboxylic acids is 1. The van der Waals surface area contributed by atoms with E-state index in [-0.39, 0.29) is 36.3 Å². The van der Waals surface area contributed by atoms with Crippen molar-refractivity contribution >= 4 is 27.3 Å². The number of halogens is 1. The van der Waals surface area contributed by atoms with Crippen LogP contribution in [-0.4, -0.2) is 61.2 Å². The lowest BCUT2D eigenvalue weighted by Crippen LogP contribution is -2.45. The number of nitrogens with zero attached hydrogens (tertiary/aromatic N) is 3. The molecule has 1 amide bonds. The number of hydrogen-bond donors (Lipinski definition) is 0. The van der Waals surface area contributed by atoms with Gasteiger partial charge >= 0.3 is 0 Å². The number of benzene rings is 2. The number of thiophene rings is 1. The third kappa shape index (κ3) is 7.08. The standard InChI is InChI=1S/C29H36FN3O3S2/c1-22-17-23(2)29(24(3)18-22)38(35,36)33(15-14-31-12-4-5-13-31)21-28(34)32(20-27-7-6-16-37-27)19-25-8-10-26(30)11-9-25/h6-11,16-18H,4-5,12-15,19-21H2,1-3H3. The summed E-state index contributed by atoms with van der Waals surface area (Å²) in [6.07, 6.45) is 2.21. The van der Waals surface area contributed by atoms with Gasteiger partial charge in [-0.25, -0.2) is 12.8 Å². The normalized spacial score (nSPS) is 14.3. The highest BCUT2D eigenvalue weighted by molar-refractivity contribution is 7.89. The van der Waals surface area contributed by atoms with Gasteiger partial charge in [0.2, 0.25) is 15.9 Å². The van der Waals surface area contributed by atoms with Gasteiger partial charge in [-0.1, -0.05) is 35.9 Å². The molecule has 1 fully saturated rings. The second-order valence-corrected chi connectivity index (χ2v) is 13.0. The van der Waals surface area contributed by atoms with Crippen molar-refractivity contribution < 1.29 is 17.6 Å². The highest BCUT2D eigenvalue weighted by Gasteiger charge is 2.32. The maximum Gasteiger partial charge on any atom is 0.244 e. The van der Waals surface area contributed by atoms with Gasteiger partial charge in [-0.3, -0.25) is 4.79 Å². The second kappa shape index (κ2) is 12.5. The molecule has 0 saturated carbocycles. The van der Waals surface area contributed by atoms with E-state index in [1.807, 2.05) is 50.4 Å². The Balaban J connectivity index is 1.63. The minimum Gasteiger partial charge on any atom is -0.332 e. The van der Waals surface area contributed by atoms with Crippen LogP contribution in [0.15, 0.2) is 58.8 Å². The smallest absolute Gasteiger partial charge is 0.244 e. The lowest BCUT2D eigenvalue weighted by Gasteiger charge is -2.29. The fourth-order valence-electron chi connectivity index (χ4n) is 5.13. The maximum atomic E-state index is 14.1. The summed E-state index contributed by atoms with van der Waals surface area (Å²) >= 11 is 1.54. The molecule has 204 valence electrons. The van der Waals surface area contributed by atoms with Gasteiger partial charge in [0.25, 0.3) is 0 Å². The summed E-state index contributed by atoms with van der Waals surface area (Å²) in [5, 5.41) is 1.95. The van der Waals surface area contributed by atoms with Gasteiger partial charge in [0, 0.05) is 24.5 Å². The number of likely N-dealkylation sites (tertiary alicyclic amines) is 1. The van der Waals surface area contributed by atoms with Crippen LogP contribution in [0.2, 0.25) is 0 Å². The molecule has 1 saturated heterocycles. The van der Waals surface area contributed by atoms with Gasteiger partial charge in [-0.2, -0.15) is 4.31 Å². The fourth-order valence-corrected chi connectivity index (χ4v) is 7.64. The molecule has 1 aliphatic rings. The SMILES string of the molecule is Cc1cc(C)c(S(=O)(=O)N(CCN2CCCC2)CC(=O)N(Cc2ccc(F)cc2)Cc2cccs2)c(C)c1. The first-order valence-electron chi connectivity index (χ1n) is 13.0. The van der Waals surface area contributed by atoms with Crippen LogP contribution in [0.1, 0.15) is 40.0 Å². The van der Waals surface area contributed by atoms with E-state index in [1.54, 1.807) is 28.4 Å². The van der Waals surface area contributed by atoms with Gasteiger partial charge in [0.15, 0.2) is 0 Å². The molecule has 1 aliphatic heterocycles. The Morgan fingerprint density at radius 1 is 1.00 bits per heavy atom. The van der Waals surface area contributed by atoms with E-state index >= 15 is 0 Å². The molecule has 0 aliphatic carbocycles. The highest BCUT2D eigenvalue weighted by atomic mass is 32.2. The molecule has 0 spiro atoms.